The number of methoxy groups -OCH3 is 2. The number of rotatable bonds is 10. The fraction of sp³-hybridized carbons (Fsp3) is 0.625. The molecule has 1 aromatic rings. The highest BCUT2D eigenvalue weighted by Gasteiger charge is 2.04. The lowest BCUT2D eigenvalue weighted by atomic mass is 10.1. The van der Waals surface area contributed by atoms with Crippen LogP contribution in [0.2, 0.25) is 0 Å². The van der Waals surface area contributed by atoms with Gasteiger partial charge in [0.05, 0.1) is 14.2 Å². The van der Waals surface area contributed by atoms with E-state index < -0.39 is 0 Å². The summed E-state index contributed by atoms with van der Waals surface area (Å²) in [7, 11) is 3.39. The third kappa shape index (κ3) is 5.97. The molecule has 1 aromatic carbocycles. The number of hydrogen-bond donors (Lipinski definition) is 1. The van der Waals surface area contributed by atoms with Crippen molar-refractivity contribution in [2.75, 3.05) is 27.3 Å². The summed E-state index contributed by atoms with van der Waals surface area (Å²) in [5.74, 6) is 1.79. The molecule has 19 heavy (non-hydrogen) atoms. The van der Waals surface area contributed by atoms with Crippen LogP contribution in [0.5, 0.6) is 11.5 Å². The van der Waals surface area contributed by atoms with E-state index in [4.69, 9.17) is 9.47 Å². The van der Waals surface area contributed by atoms with E-state index in [2.05, 4.69) is 18.3 Å². The minimum Gasteiger partial charge on any atom is -0.497 e. The Balaban J connectivity index is 2.28. The second-order valence-electron chi connectivity index (χ2n) is 4.74. The number of hydrogen-bond acceptors (Lipinski definition) is 3. The van der Waals surface area contributed by atoms with Crippen molar-refractivity contribution in [2.45, 2.75) is 39.0 Å². The molecule has 0 bridgehead atoms. The molecule has 0 aliphatic carbocycles. The fourth-order valence-electron chi connectivity index (χ4n) is 2.10. The van der Waals surface area contributed by atoms with E-state index in [1.54, 1.807) is 14.2 Å². The van der Waals surface area contributed by atoms with Gasteiger partial charge in [0.25, 0.3) is 0 Å². The number of nitrogens with one attached hydrogen (secondary N) is 1. The van der Waals surface area contributed by atoms with Gasteiger partial charge >= 0.3 is 0 Å². The van der Waals surface area contributed by atoms with Crippen molar-refractivity contribution in [2.24, 2.45) is 0 Å². The van der Waals surface area contributed by atoms with Crippen LogP contribution in [0.15, 0.2) is 18.2 Å². The molecule has 0 saturated heterocycles. The van der Waals surface area contributed by atoms with Gasteiger partial charge in [0, 0.05) is 6.07 Å². The minimum atomic E-state index is 0.851. The maximum atomic E-state index is 5.41. The molecule has 1 rings (SSSR count). The van der Waals surface area contributed by atoms with Gasteiger partial charge in [-0.2, -0.15) is 0 Å². The van der Waals surface area contributed by atoms with E-state index in [0.29, 0.717) is 0 Å². The van der Waals surface area contributed by atoms with Gasteiger partial charge in [-0.1, -0.05) is 19.4 Å². The summed E-state index contributed by atoms with van der Waals surface area (Å²) in [6.45, 7) is 4.46. The lowest BCUT2D eigenvalue weighted by Gasteiger charge is -2.10. The Hall–Kier alpha value is -1.22. The van der Waals surface area contributed by atoms with E-state index >= 15 is 0 Å². The van der Waals surface area contributed by atoms with Crippen molar-refractivity contribution in [1.82, 2.24) is 5.32 Å². The molecule has 0 radical (unpaired) electrons. The number of unbranched alkanes of at least 4 members (excludes halogenated alkanes) is 2. The van der Waals surface area contributed by atoms with Crippen LogP contribution in [0.3, 0.4) is 0 Å². The van der Waals surface area contributed by atoms with Crippen LogP contribution in [0.1, 0.15) is 38.2 Å². The summed E-state index contributed by atoms with van der Waals surface area (Å²) < 4.78 is 10.6. The van der Waals surface area contributed by atoms with Crippen LogP contribution >= 0.6 is 0 Å². The topological polar surface area (TPSA) is 30.5 Å². The molecule has 0 fully saturated rings. The summed E-state index contributed by atoms with van der Waals surface area (Å²) in [6, 6.07) is 6.06. The SMILES string of the molecule is CCCNCCCCCc1ccc(OC)cc1OC. The highest BCUT2D eigenvalue weighted by Crippen LogP contribution is 2.25. The Morgan fingerprint density at radius 1 is 1.00 bits per heavy atom. The van der Waals surface area contributed by atoms with E-state index in [0.717, 1.165) is 31.0 Å². The van der Waals surface area contributed by atoms with Gasteiger partial charge in [-0.3, -0.25) is 0 Å². The quantitative estimate of drug-likeness (QED) is 0.658. The molecule has 108 valence electrons. The van der Waals surface area contributed by atoms with Crippen LogP contribution in [0, 0.1) is 0 Å². The van der Waals surface area contributed by atoms with Crippen LogP contribution in [-0.2, 0) is 6.42 Å². The highest BCUT2D eigenvalue weighted by molar-refractivity contribution is 5.40. The number of ether oxygens (including phenoxy) is 2. The van der Waals surface area contributed by atoms with Crippen molar-refractivity contribution in [3.05, 3.63) is 23.8 Å². The molecule has 0 amide bonds. The van der Waals surface area contributed by atoms with Crippen molar-refractivity contribution >= 4 is 0 Å². The molecule has 0 saturated carbocycles. The molecule has 1 N–H and O–H groups in total. The largest absolute Gasteiger partial charge is 0.497 e. The smallest absolute Gasteiger partial charge is 0.125 e. The summed E-state index contributed by atoms with van der Waals surface area (Å²) in [5.41, 5.74) is 1.27. The average Bonchev–Trinajstić information content (AvgIpc) is 2.46. The minimum absolute atomic E-state index is 0.851. The van der Waals surface area contributed by atoms with Gasteiger partial charge in [0.15, 0.2) is 0 Å². The first-order valence-electron chi connectivity index (χ1n) is 7.23. The van der Waals surface area contributed by atoms with Gasteiger partial charge in [0.2, 0.25) is 0 Å². The molecular formula is C16H27NO2. The molecule has 0 heterocycles. The van der Waals surface area contributed by atoms with Crippen molar-refractivity contribution in [3.8, 4) is 11.5 Å². The first-order valence-corrected chi connectivity index (χ1v) is 7.23. The van der Waals surface area contributed by atoms with Crippen LogP contribution < -0.4 is 14.8 Å². The lowest BCUT2D eigenvalue weighted by Crippen LogP contribution is -2.15. The van der Waals surface area contributed by atoms with Crippen LogP contribution in [-0.4, -0.2) is 27.3 Å². The molecule has 3 nitrogen and oxygen atoms in total. The van der Waals surface area contributed by atoms with E-state index in [1.165, 1.54) is 31.2 Å². The highest BCUT2D eigenvalue weighted by atomic mass is 16.5. The lowest BCUT2D eigenvalue weighted by molar-refractivity contribution is 0.390. The summed E-state index contributed by atoms with van der Waals surface area (Å²) >= 11 is 0. The van der Waals surface area contributed by atoms with Gasteiger partial charge in [-0.15, -0.1) is 0 Å². The van der Waals surface area contributed by atoms with Gasteiger partial charge < -0.3 is 14.8 Å². The molecule has 0 atom stereocenters. The van der Waals surface area contributed by atoms with Gasteiger partial charge in [-0.25, -0.2) is 0 Å². The third-order valence-electron chi connectivity index (χ3n) is 3.22. The van der Waals surface area contributed by atoms with Gasteiger partial charge in [0.1, 0.15) is 11.5 Å². The molecule has 0 aromatic heterocycles. The fourth-order valence-corrected chi connectivity index (χ4v) is 2.10. The zero-order valence-electron chi connectivity index (χ0n) is 12.5. The van der Waals surface area contributed by atoms with Crippen molar-refractivity contribution in [1.29, 1.82) is 0 Å². The van der Waals surface area contributed by atoms with Crippen LogP contribution in [0.4, 0.5) is 0 Å². The summed E-state index contributed by atoms with van der Waals surface area (Å²) in [5, 5.41) is 3.43. The molecule has 0 aliphatic rings. The summed E-state index contributed by atoms with van der Waals surface area (Å²) in [4.78, 5) is 0. The Kier molecular flexibility index (Phi) is 8.07. The maximum Gasteiger partial charge on any atom is 0.125 e. The number of benzene rings is 1. The van der Waals surface area contributed by atoms with Crippen molar-refractivity contribution < 1.29 is 9.47 Å². The predicted octanol–water partition coefficient (Wildman–Crippen LogP) is 3.42. The summed E-state index contributed by atoms with van der Waals surface area (Å²) in [6.07, 6.45) is 5.99. The Bertz CT molecular complexity index is 353. The maximum absolute atomic E-state index is 5.41. The van der Waals surface area contributed by atoms with E-state index in [1.807, 2.05) is 12.1 Å². The zero-order valence-corrected chi connectivity index (χ0v) is 12.5. The first-order chi connectivity index (χ1) is 9.31. The normalized spacial score (nSPS) is 10.5. The zero-order chi connectivity index (χ0) is 13.9. The van der Waals surface area contributed by atoms with Crippen LogP contribution in [0.25, 0.3) is 0 Å². The molecular weight excluding hydrogens is 238 g/mol. The predicted molar refractivity (Wildman–Crippen MR) is 80.3 cm³/mol. The average molecular weight is 265 g/mol. The molecule has 0 aliphatic heterocycles. The van der Waals surface area contributed by atoms with Gasteiger partial charge in [-0.05, 0) is 50.4 Å². The van der Waals surface area contributed by atoms with Crippen molar-refractivity contribution in [3.63, 3.8) is 0 Å². The van der Waals surface area contributed by atoms with E-state index in [-0.39, 0.29) is 0 Å². The molecule has 3 heteroatoms. The third-order valence-corrected chi connectivity index (χ3v) is 3.22. The molecule has 0 spiro atoms. The monoisotopic (exact) mass is 265 g/mol. The second kappa shape index (κ2) is 9.68. The molecule has 0 unspecified atom stereocenters. The number of aryl methyl sites for hydroxylation is 1. The Labute approximate surface area is 117 Å². The first kappa shape index (κ1) is 15.8. The van der Waals surface area contributed by atoms with E-state index in [9.17, 15) is 0 Å². The standard InChI is InChI=1S/C16H27NO2/c1-4-11-17-12-7-5-6-8-14-9-10-15(18-2)13-16(14)19-3/h9-10,13,17H,4-8,11-12H2,1-3H3. The Morgan fingerprint density at radius 3 is 2.53 bits per heavy atom. The Morgan fingerprint density at radius 2 is 1.84 bits per heavy atom. The second-order valence-corrected chi connectivity index (χ2v) is 4.74.